The molecular weight excluding hydrogens is 857 g/mol. The Hall–Kier alpha value is -8.01. The minimum absolute atomic E-state index is 0.0677. The number of rotatable bonds is 14. The van der Waals surface area contributed by atoms with Crippen molar-refractivity contribution in [2.75, 3.05) is 19.5 Å². The molecule has 1 amide bonds. The third-order valence-electron chi connectivity index (χ3n) is 8.03. The average Bonchev–Trinajstić information content (AvgIpc) is 3.17. The van der Waals surface area contributed by atoms with Crippen LogP contribution in [-0.4, -0.2) is 83.4 Å². The van der Waals surface area contributed by atoms with Crippen LogP contribution in [0.5, 0.6) is 23.0 Å². The maximum absolute atomic E-state index is 12.6. The highest BCUT2D eigenvalue weighted by Gasteiger charge is 2.29. The van der Waals surface area contributed by atoms with Gasteiger partial charge in [0, 0.05) is 30.8 Å². The molecule has 7 N–H and O–H groups in total. The second kappa shape index (κ2) is 17.1. The minimum atomic E-state index is -5.37. The number of nitrogens with one attached hydrogen (secondary N) is 1. The van der Waals surface area contributed by atoms with E-state index in [0.717, 1.165) is 24.3 Å². The summed E-state index contributed by atoms with van der Waals surface area (Å²) < 4.78 is 80.7. The molecule has 5 aromatic carbocycles. The van der Waals surface area contributed by atoms with Crippen molar-refractivity contribution < 1.29 is 75.1 Å². The predicted octanol–water partition coefficient (Wildman–Crippen LogP) is 7.27. The quantitative estimate of drug-likeness (QED) is 0.0249. The van der Waals surface area contributed by atoms with Gasteiger partial charge in [-0.3, -0.25) is 24.0 Å². The van der Waals surface area contributed by atoms with Gasteiger partial charge in [-0.15, -0.1) is 25.6 Å². The van der Waals surface area contributed by atoms with Gasteiger partial charge in [0.15, 0.2) is 11.5 Å². The fourth-order valence-corrected chi connectivity index (χ4v) is 6.70. The Morgan fingerprint density at radius 2 is 1.16 bits per heavy atom. The van der Waals surface area contributed by atoms with E-state index in [2.05, 4.69) is 36.0 Å². The van der Waals surface area contributed by atoms with Crippen molar-refractivity contribution in [2.24, 2.45) is 30.7 Å². The number of azo groups is 3. The van der Waals surface area contributed by atoms with E-state index in [1.54, 1.807) is 0 Å². The van der Waals surface area contributed by atoms with Crippen molar-refractivity contribution in [3.63, 3.8) is 0 Å². The van der Waals surface area contributed by atoms with Gasteiger partial charge in [0.1, 0.15) is 55.3 Å². The van der Waals surface area contributed by atoms with E-state index in [1.807, 2.05) is 0 Å². The van der Waals surface area contributed by atoms with E-state index < -0.39 is 103 Å². The number of nitro groups is 1. The fraction of sp³-hybridized carbons (Fsp3) is 0.0882. The van der Waals surface area contributed by atoms with Crippen LogP contribution in [0, 0.1) is 10.1 Å². The molecule has 0 fully saturated rings. The Balaban J connectivity index is 1.66. The lowest BCUT2D eigenvalue weighted by molar-refractivity contribution is -0.385. The zero-order valence-electron chi connectivity index (χ0n) is 30.9. The van der Waals surface area contributed by atoms with E-state index in [-0.39, 0.29) is 39.8 Å². The van der Waals surface area contributed by atoms with Gasteiger partial charge in [-0.05, 0) is 47.9 Å². The summed E-state index contributed by atoms with van der Waals surface area (Å²) in [6.07, 6.45) is 0. The first kappa shape index (κ1) is 44.1. The number of nitro benzene ring substituents is 1. The van der Waals surface area contributed by atoms with Gasteiger partial charge in [-0.1, -0.05) is 0 Å². The van der Waals surface area contributed by atoms with E-state index in [4.69, 9.17) is 9.47 Å². The molecule has 5 rings (SSSR count). The number of methoxy groups -OCH3 is 2. The SMILES string of the molecule is COc1cc(N=Nc2c(S(=O)(=O)O)cc3cc(S(=O)(=O)O)c(N=Nc4ccc([N+](=O)[O-])c(C(=O)O)c4)c(O)c3c2O)c(OC)cc1N=Nc1ccc(NC(C)=O)cc1C(=O)O. The lowest BCUT2D eigenvalue weighted by Gasteiger charge is -2.13. The largest absolute Gasteiger partial charge is 0.505 e. The van der Waals surface area contributed by atoms with Crippen LogP contribution in [0.2, 0.25) is 0 Å². The number of carboxylic acids is 2. The Morgan fingerprint density at radius 1 is 0.672 bits per heavy atom. The first-order chi connectivity index (χ1) is 28.5. The Bertz CT molecular complexity index is 3030. The normalized spacial score (nSPS) is 12.0. The van der Waals surface area contributed by atoms with Crippen molar-refractivity contribution in [1.29, 1.82) is 0 Å². The summed E-state index contributed by atoms with van der Waals surface area (Å²) in [6, 6.07) is 9.57. The van der Waals surface area contributed by atoms with Crippen molar-refractivity contribution in [2.45, 2.75) is 16.7 Å². The second-order valence-electron chi connectivity index (χ2n) is 12.0. The fourth-order valence-electron chi connectivity index (χ4n) is 5.38. The summed E-state index contributed by atoms with van der Waals surface area (Å²) in [6.45, 7) is 1.23. The Morgan fingerprint density at radius 3 is 1.62 bits per heavy atom. The lowest BCUT2D eigenvalue weighted by Crippen LogP contribution is -2.07. The molecule has 25 nitrogen and oxygen atoms in total. The maximum atomic E-state index is 12.6. The topological polar surface area (TPSA) is 389 Å². The first-order valence-electron chi connectivity index (χ1n) is 16.2. The highest BCUT2D eigenvalue weighted by Crippen LogP contribution is 2.51. The number of phenols is 2. The number of hydrogen-bond donors (Lipinski definition) is 7. The third-order valence-corrected chi connectivity index (χ3v) is 9.76. The molecule has 0 aliphatic heterocycles. The molecule has 0 radical (unpaired) electrons. The summed E-state index contributed by atoms with van der Waals surface area (Å²) in [7, 11) is -8.37. The number of aromatic hydroxyl groups is 2. The third kappa shape index (κ3) is 9.49. The molecule has 316 valence electrons. The number of aromatic carboxylic acids is 2. The standard InChI is InChI=1S/C34H26N8O17S2/c1-14(43)35-16-4-6-20(18(10-16)33(46)47)37-38-21-12-25(59-3)22(13-24(21)58-2)39-41-30-27(61(55,56)57)9-15-8-26(60(52,53)54)29(31(44)28(15)32(30)45)40-36-17-5-7-23(42(50)51)19(11-17)34(48)49/h4-13,44-45H,1-3H3,(H,35,43)(H,46,47)(H,48,49)(H,52,53,54)(H,55,56,57). The van der Waals surface area contributed by atoms with Crippen LogP contribution >= 0.6 is 0 Å². The number of benzene rings is 5. The number of hydrogen-bond acceptors (Lipinski definition) is 19. The molecule has 0 atom stereocenters. The number of amides is 1. The van der Waals surface area contributed by atoms with E-state index in [9.17, 15) is 70.9 Å². The zero-order valence-corrected chi connectivity index (χ0v) is 32.5. The second-order valence-corrected chi connectivity index (χ2v) is 14.7. The number of nitrogens with zero attached hydrogens (tertiary/aromatic N) is 7. The summed E-state index contributed by atoms with van der Waals surface area (Å²) in [5.41, 5.74) is -4.87. The highest BCUT2D eigenvalue weighted by molar-refractivity contribution is 7.86. The first-order valence-corrected chi connectivity index (χ1v) is 19.1. The van der Waals surface area contributed by atoms with E-state index >= 15 is 0 Å². The zero-order chi connectivity index (χ0) is 45.1. The molecule has 0 unspecified atom stereocenters. The van der Waals surface area contributed by atoms with Gasteiger partial charge in [-0.2, -0.15) is 21.9 Å². The van der Waals surface area contributed by atoms with Crippen LogP contribution in [0.3, 0.4) is 0 Å². The molecule has 0 saturated carbocycles. The molecule has 0 aliphatic rings. The molecule has 0 aliphatic carbocycles. The molecule has 0 saturated heterocycles. The van der Waals surface area contributed by atoms with Gasteiger partial charge < -0.3 is 35.2 Å². The van der Waals surface area contributed by atoms with Crippen molar-refractivity contribution in [3.8, 4) is 23.0 Å². The summed E-state index contributed by atoms with van der Waals surface area (Å²) >= 11 is 0. The van der Waals surface area contributed by atoms with Crippen molar-refractivity contribution in [3.05, 3.63) is 81.9 Å². The predicted molar refractivity (Wildman–Crippen MR) is 207 cm³/mol. The van der Waals surface area contributed by atoms with E-state index in [1.165, 1.54) is 39.3 Å². The monoisotopic (exact) mass is 882 g/mol. The highest BCUT2D eigenvalue weighted by atomic mass is 32.2. The molecule has 0 spiro atoms. The number of carbonyl (C=O) groups is 3. The maximum Gasteiger partial charge on any atom is 0.342 e. The number of ether oxygens (including phenoxy) is 2. The molecule has 61 heavy (non-hydrogen) atoms. The molecule has 0 bridgehead atoms. The number of fused-ring (bicyclic) bond motifs is 1. The van der Waals surface area contributed by atoms with Crippen LogP contribution < -0.4 is 14.8 Å². The van der Waals surface area contributed by atoms with Crippen LogP contribution in [-0.2, 0) is 25.0 Å². The van der Waals surface area contributed by atoms with Crippen LogP contribution in [0.4, 0.5) is 45.5 Å². The smallest absolute Gasteiger partial charge is 0.342 e. The van der Waals surface area contributed by atoms with Gasteiger partial charge in [0.2, 0.25) is 5.91 Å². The van der Waals surface area contributed by atoms with Gasteiger partial charge in [0.25, 0.3) is 25.9 Å². The Labute approximate surface area is 340 Å². The lowest BCUT2D eigenvalue weighted by atomic mass is 10.1. The number of anilines is 1. The summed E-state index contributed by atoms with van der Waals surface area (Å²) in [5.74, 6) is -6.39. The minimum Gasteiger partial charge on any atom is -0.505 e. The van der Waals surface area contributed by atoms with E-state index in [0.29, 0.717) is 18.2 Å². The Kier molecular flexibility index (Phi) is 12.3. The molecule has 0 aromatic heterocycles. The molecular formula is C34H26N8O17S2. The van der Waals surface area contributed by atoms with Gasteiger partial charge in [0.05, 0.1) is 35.8 Å². The number of carboxylic acid groups (broad SMARTS) is 2. The van der Waals surface area contributed by atoms with Crippen molar-refractivity contribution in [1.82, 2.24) is 0 Å². The number of phenolic OH excluding ortho intramolecular Hbond substituents is 2. The molecule has 0 heterocycles. The number of carbonyl (C=O) groups excluding carboxylic acids is 1. The van der Waals surface area contributed by atoms with Crippen molar-refractivity contribution >= 4 is 94.4 Å². The van der Waals surface area contributed by atoms with Gasteiger partial charge >= 0.3 is 11.9 Å². The molecule has 27 heteroatoms. The average molecular weight is 883 g/mol. The van der Waals surface area contributed by atoms with Crippen LogP contribution in [0.1, 0.15) is 27.6 Å². The summed E-state index contributed by atoms with van der Waals surface area (Å²) in [5, 5.41) is 76.8. The molecule has 5 aromatic rings. The summed E-state index contributed by atoms with van der Waals surface area (Å²) in [4.78, 5) is 42.7. The van der Waals surface area contributed by atoms with Crippen LogP contribution in [0.15, 0.2) is 101 Å². The van der Waals surface area contributed by atoms with Gasteiger partial charge in [-0.25, -0.2) is 9.59 Å². The van der Waals surface area contributed by atoms with Crippen LogP contribution in [0.25, 0.3) is 10.8 Å².